The van der Waals surface area contributed by atoms with Crippen molar-refractivity contribution >= 4 is 39.0 Å². The summed E-state index contributed by atoms with van der Waals surface area (Å²) >= 11 is 0. The van der Waals surface area contributed by atoms with Crippen LogP contribution in [0.4, 0.5) is 17.1 Å². The second kappa shape index (κ2) is 10.3. The highest BCUT2D eigenvalue weighted by Gasteiger charge is 2.39. The maximum Gasteiger partial charge on any atom is 0.136 e. The van der Waals surface area contributed by atoms with Gasteiger partial charge in [-0.25, -0.2) is 0 Å². The highest BCUT2D eigenvalue weighted by atomic mass is 16.3. The molecule has 0 amide bonds. The smallest absolute Gasteiger partial charge is 0.136 e. The standard InChI is InChI=1S/C48H37NO/c1-47(2)40-16-9-6-14-38(40)46-41(47)17-11-18-43(46)49(33-25-27-35-34-12-5-8-15-39(34)48(3,4)42(35)29-33)32-23-20-30(21-24-32)31-22-26-37-36-13-7-10-19-44(36)50-45(37)28-31/h5-29H,1-4H3. The average Bonchev–Trinajstić information content (AvgIpc) is 3.72. The summed E-state index contributed by atoms with van der Waals surface area (Å²) in [4.78, 5) is 2.47. The van der Waals surface area contributed by atoms with Crippen molar-refractivity contribution in [2.45, 2.75) is 38.5 Å². The monoisotopic (exact) mass is 643 g/mol. The van der Waals surface area contributed by atoms with Gasteiger partial charge in [-0.15, -0.1) is 0 Å². The van der Waals surface area contributed by atoms with Crippen molar-refractivity contribution in [3.8, 4) is 33.4 Å². The van der Waals surface area contributed by atoms with E-state index >= 15 is 0 Å². The number of hydrogen-bond acceptors (Lipinski definition) is 2. The molecule has 0 saturated heterocycles. The molecular weight excluding hydrogens is 607 g/mol. The van der Waals surface area contributed by atoms with Crippen LogP contribution in [0.1, 0.15) is 49.9 Å². The topological polar surface area (TPSA) is 16.4 Å². The molecule has 2 nitrogen and oxygen atoms in total. The molecule has 0 aliphatic heterocycles. The van der Waals surface area contributed by atoms with Gasteiger partial charge in [-0.3, -0.25) is 0 Å². The maximum atomic E-state index is 6.25. The molecule has 2 heteroatoms. The van der Waals surface area contributed by atoms with Crippen molar-refractivity contribution < 1.29 is 4.42 Å². The normalized spacial score (nSPS) is 14.7. The van der Waals surface area contributed by atoms with Gasteiger partial charge < -0.3 is 9.32 Å². The fourth-order valence-electron chi connectivity index (χ4n) is 8.89. The van der Waals surface area contributed by atoms with Gasteiger partial charge in [0.15, 0.2) is 0 Å². The molecule has 0 radical (unpaired) electrons. The molecule has 240 valence electrons. The summed E-state index contributed by atoms with van der Waals surface area (Å²) in [5.41, 5.74) is 18.2. The Morgan fingerprint density at radius 3 is 1.84 bits per heavy atom. The summed E-state index contributed by atoms with van der Waals surface area (Å²) in [6.07, 6.45) is 0. The SMILES string of the molecule is CC1(C)c2ccccc2-c2ccc(N(c3ccc(-c4ccc5c(c4)oc4ccccc45)cc3)c3cccc4c3-c3ccccc3C4(C)C)cc21. The lowest BCUT2D eigenvalue weighted by atomic mass is 9.82. The molecular formula is C48H37NO. The fraction of sp³-hybridized carbons (Fsp3) is 0.125. The van der Waals surface area contributed by atoms with Crippen molar-refractivity contribution in [1.29, 1.82) is 0 Å². The number of benzene rings is 7. The van der Waals surface area contributed by atoms with Crippen LogP contribution in [-0.2, 0) is 10.8 Å². The first-order valence-electron chi connectivity index (χ1n) is 17.6. The third-order valence-corrected chi connectivity index (χ3v) is 11.5. The summed E-state index contributed by atoms with van der Waals surface area (Å²) < 4.78 is 6.25. The third kappa shape index (κ3) is 4.02. The van der Waals surface area contributed by atoms with Crippen LogP contribution >= 0.6 is 0 Å². The minimum absolute atomic E-state index is 0.0890. The van der Waals surface area contributed by atoms with Gasteiger partial charge in [-0.2, -0.15) is 0 Å². The van der Waals surface area contributed by atoms with E-state index in [-0.39, 0.29) is 10.8 Å². The van der Waals surface area contributed by atoms with Gasteiger partial charge in [0.2, 0.25) is 0 Å². The summed E-state index contributed by atoms with van der Waals surface area (Å²) in [5, 5.41) is 2.30. The van der Waals surface area contributed by atoms with Gasteiger partial charge >= 0.3 is 0 Å². The highest BCUT2D eigenvalue weighted by molar-refractivity contribution is 6.06. The van der Waals surface area contributed by atoms with Crippen molar-refractivity contribution in [2.24, 2.45) is 0 Å². The lowest BCUT2D eigenvalue weighted by Gasteiger charge is -2.30. The molecule has 50 heavy (non-hydrogen) atoms. The van der Waals surface area contributed by atoms with E-state index in [2.05, 4.69) is 172 Å². The Morgan fingerprint density at radius 2 is 1.02 bits per heavy atom. The zero-order valence-electron chi connectivity index (χ0n) is 28.8. The fourth-order valence-corrected chi connectivity index (χ4v) is 8.89. The average molecular weight is 644 g/mol. The van der Waals surface area contributed by atoms with Crippen LogP contribution in [0, 0.1) is 0 Å². The predicted molar refractivity (Wildman–Crippen MR) is 209 cm³/mol. The molecule has 1 heterocycles. The first kappa shape index (κ1) is 29.1. The van der Waals surface area contributed by atoms with Crippen molar-refractivity contribution in [2.75, 3.05) is 4.90 Å². The molecule has 0 saturated carbocycles. The molecule has 0 bridgehead atoms. The number of rotatable bonds is 4. The van der Waals surface area contributed by atoms with E-state index in [1.165, 1.54) is 50.2 Å². The summed E-state index contributed by atoms with van der Waals surface area (Å²) in [7, 11) is 0. The van der Waals surface area contributed by atoms with Gasteiger partial charge in [0, 0.05) is 38.5 Å². The van der Waals surface area contributed by atoms with E-state index in [4.69, 9.17) is 4.42 Å². The Labute approximate surface area is 293 Å². The number of furan rings is 1. The van der Waals surface area contributed by atoms with Crippen molar-refractivity contribution in [3.63, 3.8) is 0 Å². The summed E-state index contributed by atoms with van der Waals surface area (Å²) in [5.74, 6) is 0. The zero-order valence-corrected chi connectivity index (χ0v) is 28.8. The second-order valence-electron chi connectivity index (χ2n) is 15.0. The number of hydrogen-bond donors (Lipinski definition) is 0. The van der Waals surface area contributed by atoms with Crippen LogP contribution in [0.25, 0.3) is 55.3 Å². The van der Waals surface area contributed by atoms with E-state index in [9.17, 15) is 0 Å². The Bertz CT molecular complexity index is 2650. The molecule has 0 fully saturated rings. The number of fused-ring (bicyclic) bond motifs is 9. The minimum Gasteiger partial charge on any atom is -0.456 e. The molecule has 0 atom stereocenters. The van der Waals surface area contributed by atoms with Crippen LogP contribution in [0.5, 0.6) is 0 Å². The lowest BCUT2D eigenvalue weighted by Crippen LogP contribution is -2.17. The van der Waals surface area contributed by atoms with Gasteiger partial charge in [0.05, 0.1) is 5.69 Å². The second-order valence-corrected chi connectivity index (χ2v) is 15.0. The van der Waals surface area contributed by atoms with Crippen LogP contribution in [0.15, 0.2) is 156 Å². The molecule has 2 aliphatic carbocycles. The lowest BCUT2D eigenvalue weighted by molar-refractivity contribution is 0.660. The Kier molecular flexibility index (Phi) is 6.01. The van der Waals surface area contributed by atoms with Gasteiger partial charge in [-0.1, -0.05) is 131 Å². The molecule has 0 unspecified atom stereocenters. The third-order valence-electron chi connectivity index (χ3n) is 11.5. The number of para-hydroxylation sites is 1. The number of anilines is 3. The van der Waals surface area contributed by atoms with Gasteiger partial charge in [0.1, 0.15) is 11.2 Å². The van der Waals surface area contributed by atoms with Crippen LogP contribution in [0.3, 0.4) is 0 Å². The molecule has 7 aromatic carbocycles. The van der Waals surface area contributed by atoms with E-state index in [0.29, 0.717) is 0 Å². The van der Waals surface area contributed by atoms with Crippen molar-refractivity contribution in [3.05, 3.63) is 174 Å². The van der Waals surface area contributed by atoms with E-state index in [1.54, 1.807) is 0 Å². The van der Waals surface area contributed by atoms with Crippen LogP contribution in [-0.4, -0.2) is 0 Å². The summed E-state index contributed by atoms with van der Waals surface area (Å²) in [6, 6.07) is 55.6. The predicted octanol–water partition coefficient (Wildman–Crippen LogP) is 13.3. The van der Waals surface area contributed by atoms with Crippen LogP contribution in [0.2, 0.25) is 0 Å². The zero-order chi connectivity index (χ0) is 33.8. The quantitative estimate of drug-likeness (QED) is 0.190. The molecule has 1 aromatic heterocycles. The first-order chi connectivity index (χ1) is 24.3. The highest BCUT2D eigenvalue weighted by Crippen LogP contribution is 2.55. The largest absolute Gasteiger partial charge is 0.456 e. The Morgan fingerprint density at radius 1 is 0.420 bits per heavy atom. The van der Waals surface area contributed by atoms with E-state index < -0.39 is 0 Å². The molecule has 0 spiro atoms. The van der Waals surface area contributed by atoms with Gasteiger partial charge in [-0.05, 0) is 98.6 Å². The van der Waals surface area contributed by atoms with Crippen molar-refractivity contribution in [1.82, 2.24) is 0 Å². The van der Waals surface area contributed by atoms with E-state index in [1.807, 2.05) is 12.1 Å². The molecule has 8 aromatic rings. The van der Waals surface area contributed by atoms with Gasteiger partial charge in [0.25, 0.3) is 0 Å². The van der Waals surface area contributed by atoms with Crippen LogP contribution < -0.4 is 4.90 Å². The summed E-state index contributed by atoms with van der Waals surface area (Å²) in [6.45, 7) is 9.43. The van der Waals surface area contributed by atoms with E-state index in [0.717, 1.165) is 44.4 Å². The molecule has 0 N–H and O–H groups in total. The molecule has 10 rings (SSSR count). The first-order valence-corrected chi connectivity index (χ1v) is 17.6. The minimum atomic E-state index is -0.0972. The maximum absolute atomic E-state index is 6.25. The molecule has 2 aliphatic rings. The number of nitrogens with zero attached hydrogens (tertiary/aromatic N) is 1. The Balaban J connectivity index is 1.15. The Hall–Kier alpha value is -5.86.